The van der Waals surface area contributed by atoms with E-state index in [1.165, 1.54) is 34.4 Å². The second-order valence-electron chi connectivity index (χ2n) is 19.5. The van der Waals surface area contributed by atoms with Crippen molar-refractivity contribution in [3.05, 3.63) is 298 Å². The lowest BCUT2D eigenvalue weighted by Gasteiger charge is -2.44. The molecular formula is C68H52F2N2. The Morgan fingerprint density at radius 2 is 0.931 bits per heavy atom. The molecule has 4 heteroatoms. The van der Waals surface area contributed by atoms with Gasteiger partial charge in [-0.15, -0.1) is 0 Å². The summed E-state index contributed by atoms with van der Waals surface area (Å²) in [5, 5.41) is 0. The van der Waals surface area contributed by atoms with Gasteiger partial charge in [-0.1, -0.05) is 186 Å². The molecule has 4 aliphatic carbocycles. The number of benzene rings is 8. The number of hydrogen-bond acceptors (Lipinski definition) is 2. The van der Waals surface area contributed by atoms with Crippen molar-refractivity contribution in [2.24, 2.45) is 5.92 Å². The molecule has 0 bridgehead atoms. The average Bonchev–Trinajstić information content (AvgIpc) is 3.39. The first-order valence-electron chi connectivity index (χ1n) is 24.8. The molecule has 0 radical (unpaired) electrons. The molecule has 0 aliphatic heterocycles. The topological polar surface area (TPSA) is 6.48 Å². The van der Waals surface area contributed by atoms with Crippen LogP contribution in [0.2, 0.25) is 0 Å². The molecule has 0 aromatic heterocycles. The van der Waals surface area contributed by atoms with Gasteiger partial charge >= 0.3 is 0 Å². The Morgan fingerprint density at radius 3 is 1.53 bits per heavy atom. The fraction of sp³-hybridized carbons (Fsp3) is 0.0882. The number of anilines is 4. The Kier molecular flexibility index (Phi) is 11.3. The van der Waals surface area contributed by atoms with E-state index in [1.54, 1.807) is 24.3 Å². The zero-order chi connectivity index (χ0) is 49.0. The normalized spacial score (nSPS) is 16.4. The molecule has 8 aromatic carbocycles. The lowest BCUT2D eigenvalue weighted by atomic mass is 9.67. The van der Waals surface area contributed by atoms with Crippen LogP contribution in [-0.2, 0) is 0 Å². The standard InChI is InChI=1S/C68H52F2N2/c1-43-11-5-15-49(35-43)51-27-33-65(61(39-51)53-17-7-13-45(3)37-53)71(57-21-9-19-55(69)41-57)63-31-25-47-24-30-60-64(32-26-48-23-29-59(63)67(47)68(48)60)72(58-22-10-20-56(70)42-58)66-34-28-52(50-16-6-12-44(2)36-50)40-62(66)54-18-8-14-46(4)38-54/h5-42,63,68H,1-4H3. The first kappa shape index (κ1) is 44.6. The van der Waals surface area contributed by atoms with Gasteiger partial charge in [-0.3, -0.25) is 0 Å². The van der Waals surface area contributed by atoms with Crippen LogP contribution in [0.25, 0.3) is 44.5 Å². The number of aryl methyl sites for hydroxylation is 4. The largest absolute Gasteiger partial charge is 0.330 e. The zero-order valence-electron chi connectivity index (χ0n) is 40.7. The van der Waals surface area contributed by atoms with Gasteiger partial charge < -0.3 is 9.80 Å². The summed E-state index contributed by atoms with van der Waals surface area (Å²) in [6, 6.07) is 61.5. The van der Waals surface area contributed by atoms with E-state index >= 15 is 8.78 Å². The maximum atomic E-state index is 15.7. The highest BCUT2D eigenvalue weighted by Gasteiger charge is 2.40. The molecule has 4 aliphatic rings. The molecule has 0 amide bonds. The minimum atomic E-state index is -0.307. The molecule has 2 nitrogen and oxygen atoms in total. The third kappa shape index (κ3) is 8.19. The quantitative estimate of drug-likeness (QED) is 0.135. The van der Waals surface area contributed by atoms with Crippen molar-refractivity contribution < 1.29 is 8.78 Å². The van der Waals surface area contributed by atoms with E-state index in [0.717, 1.165) is 101 Å². The number of nitrogens with zero attached hydrogens (tertiary/aromatic N) is 2. The summed E-state index contributed by atoms with van der Waals surface area (Å²) in [6.07, 6.45) is 18.0. The highest BCUT2D eigenvalue weighted by atomic mass is 19.1. The van der Waals surface area contributed by atoms with Crippen molar-refractivity contribution in [1.29, 1.82) is 0 Å². The predicted molar refractivity (Wildman–Crippen MR) is 296 cm³/mol. The lowest BCUT2D eigenvalue weighted by Crippen LogP contribution is -2.37. The van der Waals surface area contributed by atoms with Crippen molar-refractivity contribution in [1.82, 2.24) is 0 Å². The maximum Gasteiger partial charge on any atom is 0.125 e. The zero-order valence-corrected chi connectivity index (χ0v) is 40.7. The second kappa shape index (κ2) is 18.3. The van der Waals surface area contributed by atoms with Crippen molar-refractivity contribution in [2.45, 2.75) is 33.7 Å². The molecule has 72 heavy (non-hydrogen) atoms. The van der Waals surface area contributed by atoms with E-state index in [1.807, 2.05) is 12.1 Å². The van der Waals surface area contributed by atoms with Crippen molar-refractivity contribution in [3.8, 4) is 44.5 Å². The molecule has 2 atom stereocenters. The molecule has 0 N–H and O–H groups in total. The Balaban J connectivity index is 1.03. The lowest BCUT2D eigenvalue weighted by molar-refractivity contribution is 0.627. The third-order valence-electron chi connectivity index (χ3n) is 14.5. The third-order valence-corrected chi connectivity index (χ3v) is 14.5. The summed E-state index contributed by atoms with van der Waals surface area (Å²) in [6.45, 7) is 8.49. The second-order valence-corrected chi connectivity index (χ2v) is 19.5. The molecule has 0 saturated heterocycles. The van der Waals surface area contributed by atoms with E-state index in [9.17, 15) is 0 Å². The Morgan fingerprint density at radius 1 is 0.417 bits per heavy atom. The monoisotopic (exact) mass is 934 g/mol. The van der Waals surface area contributed by atoms with Crippen molar-refractivity contribution in [2.75, 3.05) is 9.80 Å². The summed E-state index contributed by atoms with van der Waals surface area (Å²) in [5.41, 5.74) is 23.6. The molecule has 8 aromatic rings. The smallest absolute Gasteiger partial charge is 0.125 e. The van der Waals surface area contributed by atoms with Crippen LogP contribution in [0.4, 0.5) is 31.5 Å². The highest BCUT2D eigenvalue weighted by molar-refractivity contribution is 5.91. The molecular weight excluding hydrogens is 883 g/mol. The summed E-state index contributed by atoms with van der Waals surface area (Å²) in [5.74, 6) is -0.733. The summed E-state index contributed by atoms with van der Waals surface area (Å²) in [4.78, 5) is 4.56. The SMILES string of the molecule is Cc1cccc(-c2ccc(N(C3=C4C=CC5=C6C(=CC=C(C=C3)C46)C(N(c3cccc(F)c3)c3ccc(-c4cccc(C)c4)cc3-c3cccc(C)c3)C=C5)c3cccc(F)c3)c(-c3cccc(C)c3)c2)c1. The van der Waals surface area contributed by atoms with Crippen LogP contribution in [0.3, 0.4) is 0 Å². The van der Waals surface area contributed by atoms with Gasteiger partial charge in [0.05, 0.1) is 17.4 Å². The summed E-state index contributed by atoms with van der Waals surface area (Å²) >= 11 is 0. The van der Waals surface area contributed by atoms with Gasteiger partial charge in [-0.2, -0.15) is 0 Å². The van der Waals surface area contributed by atoms with Crippen LogP contribution in [0.5, 0.6) is 0 Å². The van der Waals surface area contributed by atoms with E-state index in [0.29, 0.717) is 0 Å². The van der Waals surface area contributed by atoms with E-state index in [4.69, 9.17) is 0 Å². The van der Waals surface area contributed by atoms with E-state index < -0.39 is 0 Å². The molecule has 12 rings (SSSR count). The van der Waals surface area contributed by atoms with E-state index in [-0.39, 0.29) is 23.6 Å². The van der Waals surface area contributed by atoms with Gasteiger partial charge in [0.1, 0.15) is 11.6 Å². The maximum absolute atomic E-state index is 15.7. The minimum Gasteiger partial charge on any atom is -0.330 e. The first-order valence-corrected chi connectivity index (χ1v) is 24.8. The number of rotatable bonds is 10. The molecule has 0 spiro atoms. The van der Waals surface area contributed by atoms with Crippen molar-refractivity contribution in [3.63, 3.8) is 0 Å². The van der Waals surface area contributed by atoms with Gasteiger partial charge in [-0.05, 0) is 156 Å². The molecule has 0 fully saturated rings. The first-order chi connectivity index (χ1) is 35.1. The fourth-order valence-electron chi connectivity index (χ4n) is 11.2. The molecule has 0 heterocycles. The highest BCUT2D eigenvalue weighted by Crippen LogP contribution is 2.53. The predicted octanol–water partition coefficient (Wildman–Crippen LogP) is 18.0. The Hall–Kier alpha value is -8.60. The van der Waals surface area contributed by atoms with Crippen LogP contribution < -0.4 is 9.80 Å². The van der Waals surface area contributed by atoms with Gasteiger partial charge in [0.25, 0.3) is 0 Å². The van der Waals surface area contributed by atoms with Crippen LogP contribution >= 0.6 is 0 Å². The van der Waals surface area contributed by atoms with Crippen LogP contribution in [-0.4, -0.2) is 6.04 Å². The molecule has 0 saturated carbocycles. The van der Waals surface area contributed by atoms with Crippen LogP contribution in [0.15, 0.2) is 264 Å². The Bertz CT molecular complexity index is 3740. The minimum absolute atomic E-state index is 0.128. The van der Waals surface area contributed by atoms with Gasteiger partial charge in [-0.25, -0.2) is 8.78 Å². The van der Waals surface area contributed by atoms with Crippen LogP contribution in [0.1, 0.15) is 22.3 Å². The van der Waals surface area contributed by atoms with Gasteiger partial charge in [0.15, 0.2) is 0 Å². The summed E-state index contributed by atoms with van der Waals surface area (Å²) in [7, 11) is 0. The van der Waals surface area contributed by atoms with E-state index in [2.05, 4.69) is 220 Å². The van der Waals surface area contributed by atoms with Crippen molar-refractivity contribution >= 4 is 22.7 Å². The van der Waals surface area contributed by atoms with Gasteiger partial charge in [0, 0.05) is 34.1 Å². The Labute approximate surface area is 421 Å². The molecule has 2 unspecified atom stereocenters. The average molecular weight is 935 g/mol. The number of halogens is 2. The number of allylic oxidation sites excluding steroid dienone is 10. The van der Waals surface area contributed by atoms with Crippen LogP contribution in [0, 0.1) is 45.2 Å². The number of hydrogen-bond donors (Lipinski definition) is 0. The summed E-state index contributed by atoms with van der Waals surface area (Å²) < 4.78 is 31.3. The fourth-order valence-corrected chi connectivity index (χ4v) is 11.2. The van der Waals surface area contributed by atoms with Gasteiger partial charge in [0.2, 0.25) is 0 Å². The molecule has 348 valence electrons.